The zero-order valence-electron chi connectivity index (χ0n) is 32.4. The standard InChI is InChI=1S/C29H28N3O.C15H28O2.Ir/c1-18(2)10-22-12-21-14-27(33-28(21)16-30-22)26-15-25(31-17-32-26)20-11-19-8-6-7-9-23(19)24(13-20)29(3,4)5;1-7-14(5,8-2)12(16)11-13(17)15(6,9-3)10-4;/h6-9,12-18H,10H2,1-5H3;11,16H,7-10H2,1-6H3;/q-1;;/b;12-11-;. The molecule has 3 aromatic heterocycles. The molecule has 5 aromatic rings. The Balaban J connectivity index is 0.000000335. The number of benzene rings is 2. The van der Waals surface area contributed by atoms with Crippen LogP contribution in [0.4, 0.5) is 0 Å². The largest absolute Gasteiger partial charge is 0.512 e. The van der Waals surface area contributed by atoms with Gasteiger partial charge < -0.3 is 9.52 Å². The molecule has 0 atom stereocenters. The second-order valence-electron chi connectivity index (χ2n) is 15.5. The molecule has 3 heterocycles. The van der Waals surface area contributed by atoms with Gasteiger partial charge in [-0.05, 0) is 61.6 Å². The van der Waals surface area contributed by atoms with Crippen molar-refractivity contribution in [1.82, 2.24) is 15.0 Å². The predicted molar refractivity (Wildman–Crippen MR) is 207 cm³/mol. The number of carbonyl (C=O) groups is 1. The summed E-state index contributed by atoms with van der Waals surface area (Å²) >= 11 is 0. The Kier molecular flexibility index (Phi) is 14.1. The molecule has 0 bridgehead atoms. The van der Waals surface area contributed by atoms with E-state index in [9.17, 15) is 9.90 Å². The Morgan fingerprint density at radius 3 is 2.10 bits per heavy atom. The molecule has 0 aliphatic carbocycles. The number of hydrogen-bond acceptors (Lipinski definition) is 6. The average molecular weight is 867 g/mol. The van der Waals surface area contributed by atoms with Crippen molar-refractivity contribution in [2.45, 2.75) is 114 Å². The van der Waals surface area contributed by atoms with Crippen LogP contribution >= 0.6 is 0 Å². The van der Waals surface area contributed by atoms with Crippen LogP contribution < -0.4 is 0 Å². The zero-order valence-corrected chi connectivity index (χ0v) is 34.8. The molecule has 5 rings (SSSR count). The number of rotatable bonds is 11. The molecule has 7 heteroatoms. The van der Waals surface area contributed by atoms with Gasteiger partial charge in [0.05, 0.1) is 6.20 Å². The maximum Gasteiger partial charge on any atom is 0.164 e. The molecule has 1 radical (unpaired) electrons. The summed E-state index contributed by atoms with van der Waals surface area (Å²) in [5.74, 6) is 1.56. The van der Waals surface area contributed by atoms with Crippen LogP contribution in [0, 0.1) is 22.8 Å². The summed E-state index contributed by atoms with van der Waals surface area (Å²) in [4.78, 5) is 25.8. The van der Waals surface area contributed by atoms with Crippen LogP contribution in [-0.2, 0) is 36.7 Å². The zero-order chi connectivity index (χ0) is 36.9. The van der Waals surface area contributed by atoms with Crippen molar-refractivity contribution in [3.05, 3.63) is 90.2 Å². The molecule has 0 saturated carbocycles. The van der Waals surface area contributed by atoms with Crippen molar-refractivity contribution in [3.63, 3.8) is 0 Å². The molecule has 0 fully saturated rings. The van der Waals surface area contributed by atoms with Crippen LogP contribution in [0.1, 0.15) is 113 Å². The number of aromatic nitrogens is 3. The molecule has 0 amide bonds. The molecular weight excluding hydrogens is 811 g/mol. The van der Waals surface area contributed by atoms with Crippen molar-refractivity contribution < 1.29 is 34.4 Å². The Hall–Kier alpha value is -3.67. The second-order valence-corrected chi connectivity index (χ2v) is 15.5. The number of aliphatic hydroxyl groups excluding tert-OH is 1. The second kappa shape index (κ2) is 17.2. The van der Waals surface area contributed by atoms with E-state index in [1.165, 1.54) is 17.0 Å². The SMILES string of the molecule is CC(C)Cc1cc2cc(-c3cc(-c4[c-]c5ccccc5c(C(C)(C)C)c4)ncn3)oc2cn1.CCC(C)(CC)C(=O)/C=C(\O)C(C)(CC)CC.[Ir]. The Morgan fingerprint density at radius 1 is 0.863 bits per heavy atom. The fourth-order valence-corrected chi connectivity index (χ4v) is 5.96. The van der Waals surface area contributed by atoms with E-state index in [1.54, 1.807) is 6.33 Å². The number of fused-ring (bicyclic) bond motifs is 2. The molecule has 0 aliphatic rings. The van der Waals surface area contributed by atoms with Crippen molar-refractivity contribution in [3.8, 4) is 22.7 Å². The normalized spacial score (nSPS) is 12.5. The smallest absolute Gasteiger partial charge is 0.164 e. The number of furan rings is 1. The molecule has 0 spiro atoms. The maximum atomic E-state index is 12.2. The molecule has 6 nitrogen and oxygen atoms in total. The van der Waals surface area contributed by atoms with Crippen LogP contribution in [0.3, 0.4) is 0 Å². The first-order valence-corrected chi connectivity index (χ1v) is 18.2. The number of nitrogens with zero attached hydrogens (tertiary/aromatic N) is 3. The monoisotopic (exact) mass is 867 g/mol. The first kappa shape index (κ1) is 41.7. The van der Waals surface area contributed by atoms with E-state index in [4.69, 9.17) is 4.42 Å². The third-order valence-corrected chi connectivity index (χ3v) is 10.5. The molecule has 0 saturated heterocycles. The Morgan fingerprint density at radius 2 is 1.49 bits per heavy atom. The van der Waals surface area contributed by atoms with Crippen LogP contribution in [0.2, 0.25) is 0 Å². The van der Waals surface area contributed by atoms with Crippen LogP contribution in [0.15, 0.2) is 77.3 Å². The fourth-order valence-electron chi connectivity index (χ4n) is 5.96. The minimum atomic E-state index is -0.337. The number of allylic oxidation sites excluding steroid dienone is 2. The van der Waals surface area contributed by atoms with Crippen LogP contribution in [0.25, 0.3) is 44.5 Å². The summed E-state index contributed by atoms with van der Waals surface area (Å²) in [5.41, 5.74) is 5.06. The molecule has 0 aliphatic heterocycles. The molecule has 51 heavy (non-hydrogen) atoms. The van der Waals surface area contributed by atoms with Gasteiger partial charge in [0, 0.05) is 53.8 Å². The third kappa shape index (κ3) is 9.81. The minimum Gasteiger partial charge on any atom is -0.512 e. The number of aliphatic hydroxyl groups is 1. The van der Waals surface area contributed by atoms with Gasteiger partial charge in [-0.1, -0.05) is 105 Å². The van der Waals surface area contributed by atoms with Gasteiger partial charge in [0.1, 0.15) is 17.8 Å². The Bertz CT molecular complexity index is 1960. The Labute approximate surface area is 319 Å². The number of carbonyl (C=O) groups excluding carboxylic acids is 1. The number of hydrogen-bond donors (Lipinski definition) is 1. The number of pyridine rings is 1. The van der Waals surface area contributed by atoms with E-state index in [-0.39, 0.29) is 47.9 Å². The third-order valence-electron chi connectivity index (χ3n) is 10.5. The van der Waals surface area contributed by atoms with E-state index >= 15 is 0 Å². The molecular formula is C44H56IrN3O3-. The predicted octanol–water partition coefficient (Wildman–Crippen LogP) is 12.0. The number of ketones is 1. The van der Waals surface area contributed by atoms with Gasteiger partial charge in [-0.15, -0.1) is 29.1 Å². The minimum absolute atomic E-state index is 0. The van der Waals surface area contributed by atoms with Crippen LogP contribution in [-0.4, -0.2) is 25.8 Å². The van der Waals surface area contributed by atoms with Gasteiger partial charge in [-0.2, -0.15) is 0 Å². The summed E-state index contributed by atoms with van der Waals surface area (Å²) in [7, 11) is 0. The first-order chi connectivity index (χ1) is 23.6. The topological polar surface area (TPSA) is 89.1 Å². The van der Waals surface area contributed by atoms with Crippen molar-refractivity contribution in [2.24, 2.45) is 16.7 Å². The van der Waals surface area contributed by atoms with Crippen molar-refractivity contribution in [1.29, 1.82) is 0 Å². The van der Waals surface area contributed by atoms with E-state index in [2.05, 4.69) is 92.0 Å². The quantitative estimate of drug-likeness (QED) is 0.0808. The molecule has 1 N–H and O–H groups in total. The summed E-state index contributed by atoms with van der Waals surface area (Å²) < 4.78 is 6.09. The molecule has 0 unspecified atom stereocenters. The molecule has 275 valence electrons. The van der Waals surface area contributed by atoms with Crippen molar-refractivity contribution >= 4 is 27.5 Å². The van der Waals surface area contributed by atoms with Gasteiger partial charge in [0.2, 0.25) is 0 Å². The van der Waals surface area contributed by atoms with Gasteiger partial charge >= 0.3 is 0 Å². The van der Waals surface area contributed by atoms with E-state index in [0.717, 1.165) is 71.1 Å². The van der Waals surface area contributed by atoms with Crippen LogP contribution in [0.5, 0.6) is 0 Å². The summed E-state index contributed by atoms with van der Waals surface area (Å²) in [6.45, 7) is 23.2. The average Bonchev–Trinajstić information content (AvgIpc) is 3.53. The summed E-state index contributed by atoms with van der Waals surface area (Å²) in [6, 6.07) is 20.3. The maximum absolute atomic E-state index is 12.2. The van der Waals surface area contributed by atoms with Gasteiger partial charge in [0.15, 0.2) is 17.1 Å². The first-order valence-electron chi connectivity index (χ1n) is 18.2. The van der Waals surface area contributed by atoms with E-state index in [1.807, 2.05) is 59.9 Å². The van der Waals surface area contributed by atoms with Gasteiger partial charge in [0.25, 0.3) is 0 Å². The summed E-state index contributed by atoms with van der Waals surface area (Å²) in [5, 5.41) is 13.5. The summed E-state index contributed by atoms with van der Waals surface area (Å²) in [6.07, 6.45) is 9.11. The fraction of sp³-hybridized carbons (Fsp3) is 0.455. The molecule has 2 aromatic carbocycles. The van der Waals surface area contributed by atoms with Crippen molar-refractivity contribution in [2.75, 3.05) is 0 Å². The van der Waals surface area contributed by atoms with Gasteiger partial charge in [-0.25, -0.2) is 4.98 Å². The van der Waals surface area contributed by atoms with Gasteiger partial charge in [-0.3, -0.25) is 14.8 Å². The van der Waals surface area contributed by atoms with E-state index < -0.39 is 0 Å². The van der Waals surface area contributed by atoms with E-state index in [0.29, 0.717) is 11.7 Å².